The molecule has 5 nitrogen and oxygen atoms in total. The molecule has 0 fully saturated rings. The van der Waals surface area contributed by atoms with Crippen molar-refractivity contribution in [3.05, 3.63) is 30.4 Å². The fraction of sp³-hybridized carbons (Fsp3) is 0.417. The molecule has 2 aromatic rings. The van der Waals surface area contributed by atoms with E-state index in [4.69, 9.17) is 0 Å². The van der Waals surface area contributed by atoms with Gasteiger partial charge in [-0.2, -0.15) is 0 Å². The van der Waals surface area contributed by atoms with Gasteiger partial charge in [0, 0.05) is 30.4 Å². The van der Waals surface area contributed by atoms with Crippen molar-refractivity contribution < 1.29 is 5.11 Å². The Kier molecular flexibility index (Phi) is 2.60. The summed E-state index contributed by atoms with van der Waals surface area (Å²) in [5.41, 5.74) is 0.977. The van der Waals surface area contributed by atoms with Crippen LogP contribution in [-0.4, -0.2) is 31.5 Å². The molecule has 3 rings (SSSR count). The Labute approximate surface area is 99.1 Å². The Morgan fingerprint density at radius 3 is 3.12 bits per heavy atom. The number of aliphatic hydroxyl groups is 1. The van der Waals surface area contributed by atoms with Gasteiger partial charge in [0.15, 0.2) is 5.82 Å². The molecule has 0 aliphatic carbocycles. The van der Waals surface area contributed by atoms with Crippen molar-refractivity contribution in [3.8, 4) is 11.4 Å². The van der Waals surface area contributed by atoms with Crippen LogP contribution in [0.15, 0.2) is 24.5 Å². The van der Waals surface area contributed by atoms with Crippen molar-refractivity contribution in [2.24, 2.45) is 0 Å². The maximum atomic E-state index is 9.32. The van der Waals surface area contributed by atoms with Crippen LogP contribution < -0.4 is 0 Å². The fourth-order valence-corrected chi connectivity index (χ4v) is 2.34. The van der Waals surface area contributed by atoms with Crippen LogP contribution in [0.5, 0.6) is 0 Å². The first-order chi connectivity index (χ1) is 8.40. The second kappa shape index (κ2) is 4.25. The second-order valence-electron chi connectivity index (χ2n) is 4.30. The summed E-state index contributed by atoms with van der Waals surface area (Å²) in [5, 5.41) is 17.8. The summed E-state index contributed by atoms with van der Waals surface area (Å²) in [4.78, 5) is 4.10. The van der Waals surface area contributed by atoms with Crippen LogP contribution in [0.3, 0.4) is 0 Å². The second-order valence-corrected chi connectivity index (χ2v) is 4.30. The molecule has 0 saturated heterocycles. The number of aromatic nitrogens is 4. The first-order valence-electron chi connectivity index (χ1n) is 5.84. The first-order valence-corrected chi connectivity index (χ1v) is 5.84. The van der Waals surface area contributed by atoms with Gasteiger partial charge in [-0.3, -0.25) is 4.98 Å². The third-order valence-corrected chi connectivity index (χ3v) is 3.22. The molecule has 0 aromatic carbocycles. The van der Waals surface area contributed by atoms with Crippen molar-refractivity contribution >= 4 is 0 Å². The number of hydrogen-bond acceptors (Lipinski definition) is 4. The predicted molar refractivity (Wildman–Crippen MR) is 62.3 cm³/mol. The molecule has 88 valence electrons. The van der Waals surface area contributed by atoms with E-state index < -0.39 is 0 Å². The third-order valence-electron chi connectivity index (χ3n) is 3.22. The Morgan fingerprint density at radius 1 is 1.41 bits per heavy atom. The summed E-state index contributed by atoms with van der Waals surface area (Å²) >= 11 is 0. The number of hydrogen-bond donors (Lipinski definition) is 1. The Balaban J connectivity index is 2.06. The highest BCUT2D eigenvalue weighted by Gasteiger charge is 2.24. The maximum absolute atomic E-state index is 9.32. The van der Waals surface area contributed by atoms with E-state index in [9.17, 15) is 5.11 Å². The van der Waals surface area contributed by atoms with E-state index in [0.29, 0.717) is 0 Å². The van der Waals surface area contributed by atoms with Gasteiger partial charge in [-0.05, 0) is 25.0 Å². The molecule has 1 aliphatic heterocycles. The number of pyridine rings is 1. The summed E-state index contributed by atoms with van der Waals surface area (Å²) < 4.78 is 2.10. The van der Waals surface area contributed by atoms with Crippen molar-refractivity contribution in [1.82, 2.24) is 19.7 Å². The first kappa shape index (κ1) is 10.4. The zero-order valence-corrected chi connectivity index (χ0v) is 9.45. The largest absolute Gasteiger partial charge is 0.396 e. The summed E-state index contributed by atoms with van der Waals surface area (Å²) in [6.07, 6.45) is 5.58. The van der Waals surface area contributed by atoms with E-state index in [1.807, 2.05) is 12.1 Å². The molecular weight excluding hydrogens is 216 g/mol. The van der Waals surface area contributed by atoms with Gasteiger partial charge in [0.1, 0.15) is 5.82 Å². The Hall–Kier alpha value is -1.75. The molecule has 5 heteroatoms. The molecule has 0 spiro atoms. The molecule has 17 heavy (non-hydrogen) atoms. The van der Waals surface area contributed by atoms with Gasteiger partial charge in [0.05, 0.1) is 6.61 Å². The summed E-state index contributed by atoms with van der Waals surface area (Å²) in [6, 6.07) is 3.87. The summed E-state index contributed by atoms with van der Waals surface area (Å²) in [6.45, 7) is 1.06. The van der Waals surface area contributed by atoms with Crippen molar-refractivity contribution in [2.75, 3.05) is 6.61 Å². The van der Waals surface area contributed by atoms with Gasteiger partial charge in [-0.25, -0.2) is 0 Å². The highest BCUT2D eigenvalue weighted by molar-refractivity contribution is 5.53. The SMILES string of the molecule is OCC1CCCn2c(-c3cccnc3)nnc21. The summed E-state index contributed by atoms with van der Waals surface area (Å²) in [7, 11) is 0. The lowest BCUT2D eigenvalue weighted by atomic mass is 10.00. The number of fused-ring (bicyclic) bond motifs is 1. The summed E-state index contributed by atoms with van der Waals surface area (Å²) in [5.74, 6) is 1.88. The average molecular weight is 230 g/mol. The lowest BCUT2D eigenvalue weighted by molar-refractivity contribution is 0.238. The van der Waals surface area contributed by atoms with E-state index in [0.717, 1.165) is 36.6 Å². The van der Waals surface area contributed by atoms with Gasteiger partial charge in [-0.1, -0.05) is 0 Å². The zero-order chi connectivity index (χ0) is 11.7. The predicted octanol–water partition coefficient (Wildman–Crippen LogP) is 1.21. The Bertz CT molecular complexity index is 508. The highest BCUT2D eigenvalue weighted by atomic mass is 16.3. The molecule has 2 aromatic heterocycles. The average Bonchev–Trinajstić information content (AvgIpc) is 2.83. The number of rotatable bonds is 2. The maximum Gasteiger partial charge on any atom is 0.165 e. The van der Waals surface area contributed by atoms with Gasteiger partial charge in [0.25, 0.3) is 0 Å². The molecular formula is C12H14N4O. The fourth-order valence-electron chi connectivity index (χ4n) is 2.34. The normalized spacial score (nSPS) is 19.0. The standard InChI is InChI=1S/C12H14N4O/c17-8-10-4-2-6-16-11(14-15-12(10)16)9-3-1-5-13-7-9/h1,3,5,7,10,17H,2,4,6,8H2. The van der Waals surface area contributed by atoms with Crippen LogP contribution >= 0.6 is 0 Å². The van der Waals surface area contributed by atoms with E-state index in [-0.39, 0.29) is 12.5 Å². The number of nitrogens with zero attached hydrogens (tertiary/aromatic N) is 4. The van der Waals surface area contributed by atoms with Crippen molar-refractivity contribution in [3.63, 3.8) is 0 Å². The quantitative estimate of drug-likeness (QED) is 0.842. The van der Waals surface area contributed by atoms with E-state index in [2.05, 4.69) is 19.7 Å². The van der Waals surface area contributed by atoms with Gasteiger partial charge in [0.2, 0.25) is 0 Å². The molecule has 1 aliphatic rings. The van der Waals surface area contributed by atoms with Gasteiger partial charge >= 0.3 is 0 Å². The van der Waals surface area contributed by atoms with Crippen molar-refractivity contribution in [1.29, 1.82) is 0 Å². The van der Waals surface area contributed by atoms with E-state index >= 15 is 0 Å². The minimum atomic E-state index is 0.127. The van der Waals surface area contributed by atoms with E-state index in [1.165, 1.54) is 0 Å². The molecule has 0 saturated carbocycles. The molecule has 0 bridgehead atoms. The van der Waals surface area contributed by atoms with Crippen LogP contribution in [0.4, 0.5) is 0 Å². The van der Waals surface area contributed by atoms with Crippen LogP contribution in [-0.2, 0) is 6.54 Å². The van der Waals surface area contributed by atoms with Gasteiger partial charge in [-0.15, -0.1) is 10.2 Å². The Morgan fingerprint density at radius 2 is 2.35 bits per heavy atom. The van der Waals surface area contributed by atoms with Gasteiger partial charge < -0.3 is 9.67 Å². The van der Waals surface area contributed by atoms with Crippen LogP contribution in [0.25, 0.3) is 11.4 Å². The third kappa shape index (κ3) is 1.72. The van der Waals surface area contributed by atoms with Crippen LogP contribution in [0.2, 0.25) is 0 Å². The topological polar surface area (TPSA) is 63.8 Å². The van der Waals surface area contributed by atoms with E-state index in [1.54, 1.807) is 12.4 Å². The van der Waals surface area contributed by atoms with Crippen molar-refractivity contribution in [2.45, 2.75) is 25.3 Å². The molecule has 1 N–H and O–H groups in total. The molecule has 1 unspecified atom stereocenters. The number of aliphatic hydroxyl groups excluding tert-OH is 1. The highest BCUT2D eigenvalue weighted by Crippen LogP contribution is 2.29. The molecule has 0 amide bonds. The molecule has 1 atom stereocenters. The molecule has 3 heterocycles. The minimum absolute atomic E-state index is 0.127. The minimum Gasteiger partial charge on any atom is -0.396 e. The lowest BCUT2D eigenvalue weighted by Gasteiger charge is -2.21. The zero-order valence-electron chi connectivity index (χ0n) is 9.45. The van der Waals surface area contributed by atoms with Crippen LogP contribution in [0.1, 0.15) is 24.6 Å². The molecule has 0 radical (unpaired) electrons. The lowest BCUT2D eigenvalue weighted by Crippen LogP contribution is -2.19. The monoisotopic (exact) mass is 230 g/mol. The van der Waals surface area contributed by atoms with Crippen LogP contribution in [0, 0.1) is 0 Å². The smallest absolute Gasteiger partial charge is 0.165 e.